The third kappa shape index (κ3) is 1.50. The van der Waals surface area contributed by atoms with Crippen LogP contribution in [0.2, 0.25) is 0 Å². The van der Waals surface area contributed by atoms with Crippen LogP contribution in [0, 0.1) is 10.8 Å². The normalized spacial score (nSPS) is 35.5. The molecule has 2 aliphatic rings. The first kappa shape index (κ1) is 14.5. The van der Waals surface area contributed by atoms with Crippen LogP contribution in [-0.2, 0) is 20.3 Å². The minimum Gasteiger partial charge on any atom is -0.341 e. The minimum absolute atomic E-state index is 0.109. The van der Waals surface area contributed by atoms with Crippen molar-refractivity contribution in [1.29, 1.82) is 0 Å². The van der Waals surface area contributed by atoms with Gasteiger partial charge in [0.05, 0.1) is 6.61 Å². The molecule has 1 aromatic carbocycles. The zero-order valence-corrected chi connectivity index (χ0v) is 14.0. The van der Waals surface area contributed by atoms with Gasteiger partial charge in [-0.2, -0.15) is 4.89 Å². The number of hydrogen-bond acceptors (Lipinski definition) is 3. The van der Waals surface area contributed by atoms with Crippen molar-refractivity contribution < 1.29 is 14.5 Å². The maximum atomic E-state index is 6.17. The minimum atomic E-state index is -0.804. The van der Waals surface area contributed by atoms with Gasteiger partial charge in [0, 0.05) is 16.4 Å². The molecule has 0 bridgehead atoms. The smallest absolute Gasteiger partial charge is 0.261 e. The lowest BCUT2D eigenvalue weighted by atomic mass is 9.57. The van der Waals surface area contributed by atoms with Crippen molar-refractivity contribution in [2.45, 2.75) is 46.0 Å². The summed E-state index contributed by atoms with van der Waals surface area (Å²) in [5, 5.41) is 1.11. The van der Waals surface area contributed by atoms with Gasteiger partial charge < -0.3 is 4.74 Å². The van der Waals surface area contributed by atoms with E-state index in [1.54, 1.807) is 0 Å². The predicted molar refractivity (Wildman–Crippen MR) is 81.6 cm³/mol. The summed E-state index contributed by atoms with van der Waals surface area (Å²) in [6.45, 7) is 11.5. The van der Waals surface area contributed by atoms with Crippen molar-refractivity contribution in [2.75, 3.05) is 6.61 Å². The molecular weight excluding hydrogens is 271 g/mol. The Hall–Kier alpha value is -0.470. The molecule has 0 saturated carbocycles. The Morgan fingerprint density at radius 2 is 1.85 bits per heavy atom. The molecule has 0 radical (unpaired) electrons. The van der Waals surface area contributed by atoms with E-state index >= 15 is 0 Å². The van der Waals surface area contributed by atoms with Gasteiger partial charge in [-0.3, -0.25) is 0 Å². The summed E-state index contributed by atoms with van der Waals surface area (Å²) in [4.78, 5) is 11.4. The van der Waals surface area contributed by atoms with Crippen LogP contribution in [0.3, 0.4) is 0 Å². The Labute approximate surface area is 123 Å². The van der Waals surface area contributed by atoms with Crippen LogP contribution in [-0.4, -0.2) is 12.2 Å². The molecule has 20 heavy (non-hydrogen) atoms. The molecule has 0 N–H and O–H groups in total. The van der Waals surface area contributed by atoms with E-state index in [1.165, 1.54) is 0 Å². The fourth-order valence-electron chi connectivity index (χ4n) is 3.98. The number of hydrogen-bond donors (Lipinski definition) is 0. The molecule has 0 aromatic heterocycles. The summed E-state index contributed by atoms with van der Waals surface area (Å²) in [6.07, 6.45) is 0. The highest BCUT2D eigenvalue weighted by atomic mass is 31.0. The molecule has 3 rings (SSSR count). The molecule has 110 valence electrons. The molecule has 2 aliphatic heterocycles. The Kier molecular flexibility index (Phi) is 2.92. The van der Waals surface area contributed by atoms with Crippen LogP contribution < -0.4 is 5.30 Å². The van der Waals surface area contributed by atoms with E-state index in [0.717, 1.165) is 10.9 Å². The maximum absolute atomic E-state index is 6.17. The van der Waals surface area contributed by atoms with Gasteiger partial charge in [-0.15, -0.1) is 9.24 Å². The van der Waals surface area contributed by atoms with E-state index in [9.17, 15) is 0 Å². The molecule has 2 fully saturated rings. The van der Waals surface area contributed by atoms with E-state index in [1.807, 2.05) is 12.1 Å². The summed E-state index contributed by atoms with van der Waals surface area (Å²) in [6, 6.07) is 8.21. The molecule has 4 heteroatoms. The summed E-state index contributed by atoms with van der Waals surface area (Å²) < 4.78 is 6.17. The van der Waals surface area contributed by atoms with Gasteiger partial charge in [0.25, 0.3) is 5.79 Å². The standard InChI is InChI=1S/C16H23O3P/c1-13(2,3)16-14(4,5)10-17-15(16,18-19-16)11-7-6-8-12(20)9-11/h6-9H,10,20H2,1-5H3. The van der Waals surface area contributed by atoms with Crippen molar-refractivity contribution in [2.24, 2.45) is 10.8 Å². The highest BCUT2D eigenvalue weighted by Gasteiger charge is 2.81. The summed E-state index contributed by atoms with van der Waals surface area (Å²) in [5.41, 5.74) is 0.297. The molecule has 3 nitrogen and oxygen atoms in total. The number of ether oxygens (including phenoxy) is 1. The Balaban J connectivity index is 2.19. The lowest BCUT2D eigenvalue weighted by molar-refractivity contribution is -0.626. The molecule has 3 unspecified atom stereocenters. The third-order valence-corrected chi connectivity index (χ3v) is 5.02. The van der Waals surface area contributed by atoms with Crippen molar-refractivity contribution in [1.82, 2.24) is 0 Å². The Bertz CT molecular complexity index is 549. The van der Waals surface area contributed by atoms with Crippen molar-refractivity contribution >= 4 is 14.5 Å². The lowest BCUT2D eigenvalue weighted by Gasteiger charge is -2.61. The number of fused-ring (bicyclic) bond motifs is 1. The summed E-state index contributed by atoms with van der Waals surface area (Å²) in [7, 11) is 2.72. The Morgan fingerprint density at radius 3 is 2.35 bits per heavy atom. The largest absolute Gasteiger partial charge is 0.341 e. The van der Waals surface area contributed by atoms with E-state index in [4.69, 9.17) is 14.5 Å². The topological polar surface area (TPSA) is 27.7 Å². The van der Waals surface area contributed by atoms with Gasteiger partial charge in [-0.1, -0.05) is 52.8 Å². The van der Waals surface area contributed by atoms with Gasteiger partial charge in [0.1, 0.15) is 0 Å². The van der Waals surface area contributed by atoms with Crippen LogP contribution >= 0.6 is 9.24 Å². The fraction of sp³-hybridized carbons (Fsp3) is 0.625. The SMILES string of the molecule is CC(C)(C)C12OOC1(c1cccc(P)c1)OCC2(C)C. The van der Waals surface area contributed by atoms with E-state index < -0.39 is 11.4 Å². The van der Waals surface area contributed by atoms with E-state index in [-0.39, 0.29) is 10.8 Å². The molecule has 3 atom stereocenters. The van der Waals surface area contributed by atoms with Crippen molar-refractivity contribution in [3.05, 3.63) is 29.8 Å². The molecular formula is C16H23O3P. The second-order valence-corrected chi connectivity index (χ2v) is 8.18. The Morgan fingerprint density at radius 1 is 1.15 bits per heavy atom. The molecule has 2 heterocycles. The fourth-order valence-corrected chi connectivity index (χ4v) is 4.27. The summed E-state index contributed by atoms with van der Waals surface area (Å²) >= 11 is 0. The van der Waals surface area contributed by atoms with Gasteiger partial charge in [-0.05, 0) is 11.4 Å². The number of rotatable bonds is 1. The third-order valence-electron chi connectivity index (χ3n) is 4.66. The first-order chi connectivity index (χ1) is 9.16. The van der Waals surface area contributed by atoms with Crippen LogP contribution in [0.15, 0.2) is 24.3 Å². The molecule has 0 aliphatic carbocycles. The van der Waals surface area contributed by atoms with Crippen molar-refractivity contribution in [3.63, 3.8) is 0 Å². The highest BCUT2D eigenvalue weighted by Crippen LogP contribution is 2.68. The molecule has 1 aromatic rings. The highest BCUT2D eigenvalue weighted by molar-refractivity contribution is 7.27. The first-order valence-electron chi connectivity index (χ1n) is 7.03. The quantitative estimate of drug-likeness (QED) is 0.588. The number of benzene rings is 1. The second-order valence-electron chi connectivity index (χ2n) is 7.51. The van der Waals surface area contributed by atoms with Crippen LogP contribution in [0.25, 0.3) is 0 Å². The van der Waals surface area contributed by atoms with Gasteiger partial charge in [-0.25, -0.2) is 4.89 Å². The van der Waals surface area contributed by atoms with Gasteiger partial charge in [0.15, 0.2) is 5.60 Å². The predicted octanol–water partition coefficient (Wildman–Crippen LogP) is 3.14. The van der Waals surface area contributed by atoms with Crippen molar-refractivity contribution in [3.8, 4) is 0 Å². The summed E-state index contributed by atoms with van der Waals surface area (Å²) in [5.74, 6) is -0.804. The molecule has 2 saturated heterocycles. The molecule has 0 spiro atoms. The van der Waals surface area contributed by atoms with Crippen LogP contribution in [0.5, 0.6) is 0 Å². The monoisotopic (exact) mass is 294 g/mol. The van der Waals surface area contributed by atoms with Gasteiger partial charge >= 0.3 is 0 Å². The average Bonchev–Trinajstić information content (AvgIpc) is 2.41. The zero-order chi connectivity index (χ0) is 14.8. The second kappa shape index (κ2) is 4.04. The first-order valence-corrected chi connectivity index (χ1v) is 7.61. The lowest BCUT2D eigenvalue weighted by Crippen LogP contribution is -2.73. The zero-order valence-electron chi connectivity index (χ0n) is 12.8. The molecule has 0 amide bonds. The van der Waals surface area contributed by atoms with E-state index in [2.05, 4.69) is 56.0 Å². The van der Waals surface area contributed by atoms with Gasteiger partial charge in [0.2, 0.25) is 0 Å². The van der Waals surface area contributed by atoms with Crippen LogP contribution in [0.1, 0.15) is 40.2 Å². The van der Waals surface area contributed by atoms with E-state index in [0.29, 0.717) is 6.61 Å². The maximum Gasteiger partial charge on any atom is 0.261 e. The average molecular weight is 294 g/mol. The van der Waals surface area contributed by atoms with Crippen LogP contribution in [0.4, 0.5) is 0 Å².